The van der Waals surface area contributed by atoms with E-state index >= 15 is 0 Å². The SMILES string of the molecule is CCN(c1cc(CO)c(Cl)cn1)C(C)C. The predicted octanol–water partition coefficient (Wildman–Crippen LogP) is 2.46. The summed E-state index contributed by atoms with van der Waals surface area (Å²) in [6.45, 7) is 7.13. The van der Waals surface area contributed by atoms with Crippen LogP contribution in [-0.4, -0.2) is 22.7 Å². The molecule has 1 heterocycles. The first-order chi connectivity index (χ1) is 7.10. The van der Waals surface area contributed by atoms with Crippen molar-refractivity contribution in [3.8, 4) is 0 Å². The number of aliphatic hydroxyl groups excluding tert-OH is 1. The molecule has 1 N–H and O–H groups in total. The molecule has 0 saturated heterocycles. The molecule has 0 radical (unpaired) electrons. The molecule has 0 amide bonds. The van der Waals surface area contributed by atoms with E-state index in [9.17, 15) is 0 Å². The van der Waals surface area contributed by atoms with Gasteiger partial charge in [0.2, 0.25) is 0 Å². The van der Waals surface area contributed by atoms with Crippen molar-refractivity contribution in [3.05, 3.63) is 22.8 Å². The molecule has 1 aromatic heterocycles. The number of aromatic nitrogens is 1. The Morgan fingerprint density at radius 2 is 2.20 bits per heavy atom. The number of pyridine rings is 1. The third-order valence-electron chi connectivity index (χ3n) is 2.35. The highest BCUT2D eigenvalue weighted by Crippen LogP contribution is 2.21. The maximum absolute atomic E-state index is 9.11. The van der Waals surface area contributed by atoms with Gasteiger partial charge in [-0.1, -0.05) is 11.6 Å². The number of nitrogens with zero attached hydrogens (tertiary/aromatic N) is 2. The van der Waals surface area contributed by atoms with Gasteiger partial charge in [-0.25, -0.2) is 4.98 Å². The van der Waals surface area contributed by atoms with E-state index in [0.29, 0.717) is 11.1 Å². The Bertz CT molecular complexity index is 328. The Balaban J connectivity index is 3.03. The predicted molar refractivity (Wildman–Crippen MR) is 63.3 cm³/mol. The lowest BCUT2D eigenvalue weighted by Crippen LogP contribution is -2.31. The fourth-order valence-corrected chi connectivity index (χ4v) is 1.70. The summed E-state index contributed by atoms with van der Waals surface area (Å²) in [6.07, 6.45) is 1.59. The van der Waals surface area contributed by atoms with Crippen molar-refractivity contribution in [1.29, 1.82) is 0 Å². The summed E-state index contributed by atoms with van der Waals surface area (Å²) in [4.78, 5) is 6.41. The maximum atomic E-state index is 9.11. The topological polar surface area (TPSA) is 36.4 Å². The average Bonchev–Trinajstić information content (AvgIpc) is 2.21. The molecule has 1 aromatic rings. The van der Waals surface area contributed by atoms with Crippen molar-refractivity contribution in [2.24, 2.45) is 0 Å². The number of anilines is 1. The zero-order valence-corrected chi connectivity index (χ0v) is 10.1. The number of aliphatic hydroxyl groups is 1. The fourth-order valence-electron chi connectivity index (χ4n) is 1.54. The third-order valence-corrected chi connectivity index (χ3v) is 2.69. The number of halogens is 1. The molecule has 0 saturated carbocycles. The summed E-state index contributed by atoms with van der Waals surface area (Å²) in [7, 11) is 0. The molecular formula is C11H17ClN2O. The summed E-state index contributed by atoms with van der Waals surface area (Å²) in [6, 6.07) is 2.22. The molecule has 84 valence electrons. The van der Waals surface area contributed by atoms with E-state index in [-0.39, 0.29) is 6.61 Å². The molecule has 4 heteroatoms. The summed E-state index contributed by atoms with van der Waals surface area (Å²) < 4.78 is 0. The number of hydrogen-bond acceptors (Lipinski definition) is 3. The zero-order valence-electron chi connectivity index (χ0n) is 9.37. The Kier molecular flexibility index (Phi) is 4.36. The molecule has 0 spiro atoms. The highest BCUT2D eigenvalue weighted by Gasteiger charge is 2.11. The Hall–Kier alpha value is -0.800. The van der Waals surface area contributed by atoms with Crippen LogP contribution in [0.1, 0.15) is 26.3 Å². The van der Waals surface area contributed by atoms with E-state index in [4.69, 9.17) is 16.7 Å². The van der Waals surface area contributed by atoms with Gasteiger partial charge in [-0.15, -0.1) is 0 Å². The first-order valence-electron chi connectivity index (χ1n) is 5.12. The van der Waals surface area contributed by atoms with E-state index < -0.39 is 0 Å². The van der Waals surface area contributed by atoms with Crippen LogP contribution in [0.2, 0.25) is 5.02 Å². The Morgan fingerprint density at radius 1 is 1.53 bits per heavy atom. The monoisotopic (exact) mass is 228 g/mol. The van der Waals surface area contributed by atoms with Crippen LogP contribution in [0, 0.1) is 0 Å². The van der Waals surface area contributed by atoms with Gasteiger partial charge in [-0.05, 0) is 26.8 Å². The molecule has 0 aliphatic heterocycles. The average molecular weight is 229 g/mol. The largest absolute Gasteiger partial charge is 0.392 e. The fraction of sp³-hybridized carbons (Fsp3) is 0.545. The van der Waals surface area contributed by atoms with Gasteiger partial charge < -0.3 is 10.0 Å². The minimum absolute atomic E-state index is 0.0516. The lowest BCUT2D eigenvalue weighted by Gasteiger charge is -2.26. The zero-order chi connectivity index (χ0) is 11.4. The van der Waals surface area contributed by atoms with E-state index in [0.717, 1.165) is 17.9 Å². The van der Waals surface area contributed by atoms with Crippen molar-refractivity contribution in [2.75, 3.05) is 11.4 Å². The van der Waals surface area contributed by atoms with Crippen molar-refractivity contribution in [1.82, 2.24) is 4.98 Å². The van der Waals surface area contributed by atoms with Crippen molar-refractivity contribution in [2.45, 2.75) is 33.4 Å². The van der Waals surface area contributed by atoms with Gasteiger partial charge in [0.1, 0.15) is 5.82 Å². The van der Waals surface area contributed by atoms with Gasteiger partial charge in [0.05, 0.1) is 11.6 Å². The van der Waals surface area contributed by atoms with Crippen LogP contribution in [0.3, 0.4) is 0 Å². The summed E-state index contributed by atoms with van der Waals surface area (Å²) in [5, 5.41) is 9.62. The lowest BCUT2D eigenvalue weighted by molar-refractivity contribution is 0.282. The second-order valence-electron chi connectivity index (χ2n) is 3.67. The standard InChI is InChI=1S/C11H17ClN2O/c1-4-14(8(2)3)11-5-9(7-15)10(12)6-13-11/h5-6,8,15H,4,7H2,1-3H3. The van der Waals surface area contributed by atoms with Gasteiger partial charge in [0.25, 0.3) is 0 Å². The maximum Gasteiger partial charge on any atom is 0.129 e. The third kappa shape index (κ3) is 2.83. The molecular weight excluding hydrogens is 212 g/mol. The number of rotatable bonds is 4. The van der Waals surface area contributed by atoms with Gasteiger partial charge in [-0.2, -0.15) is 0 Å². The molecule has 0 aromatic carbocycles. The summed E-state index contributed by atoms with van der Waals surface area (Å²) in [5.74, 6) is 0.862. The van der Waals surface area contributed by atoms with Gasteiger partial charge in [-0.3, -0.25) is 0 Å². The van der Waals surface area contributed by atoms with Crippen molar-refractivity contribution >= 4 is 17.4 Å². The van der Waals surface area contributed by atoms with Crippen LogP contribution in [0.15, 0.2) is 12.3 Å². The van der Waals surface area contributed by atoms with Crippen molar-refractivity contribution in [3.63, 3.8) is 0 Å². The molecule has 1 rings (SSSR count). The number of hydrogen-bond donors (Lipinski definition) is 1. The molecule has 0 fully saturated rings. The minimum atomic E-state index is -0.0516. The van der Waals surface area contributed by atoms with Crippen LogP contribution in [0.25, 0.3) is 0 Å². The molecule has 0 aliphatic rings. The first-order valence-corrected chi connectivity index (χ1v) is 5.49. The van der Waals surface area contributed by atoms with E-state index in [2.05, 4.69) is 30.7 Å². The van der Waals surface area contributed by atoms with Crippen molar-refractivity contribution < 1.29 is 5.11 Å². The molecule has 0 unspecified atom stereocenters. The Morgan fingerprint density at radius 3 is 2.67 bits per heavy atom. The second-order valence-corrected chi connectivity index (χ2v) is 4.08. The molecule has 3 nitrogen and oxygen atoms in total. The van der Waals surface area contributed by atoms with Crippen LogP contribution >= 0.6 is 11.6 Å². The smallest absolute Gasteiger partial charge is 0.129 e. The second kappa shape index (κ2) is 5.33. The van der Waals surface area contributed by atoms with Crippen LogP contribution in [-0.2, 0) is 6.61 Å². The van der Waals surface area contributed by atoms with E-state index in [1.165, 1.54) is 0 Å². The molecule has 15 heavy (non-hydrogen) atoms. The van der Waals surface area contributed by atoms with Gasteiger partial charge in [0, 0.05) is 24.3 Å². The van der Waals surface area contributed by atoms with E-state index in [1.807, 2.05) is 6.07 Å². The van der Waals surface area contributed by atoms with Crippen LogP contribution in [0.5, 0.6) is 0 Å². The van der Waals surface area contributed by atoms with E-state index in [1.54, 1.807) is 6.20 Å². The Labute approximate surface area is 95.7 Å². The van der Waals surface area contributed by atoms with Gasteiger partial charge in [0.15, 0.2) is 0 Å². The highest BCUT2D eigenvalue weighted by atomic mass is 35.5. The van der Waals surface area contributed by atoms with Crippen LogP contribution in [0.4, 0.5) is 5.82 Å². The quantitative estimate of drug-likeness (QED) is 0.860. The van der Waals surface area contributed by atoms with Crippen LogP contribution < -0.4 is 4.90 Å². The molecule has 0 bridgehead atoms. The summed E-state index contributed by atoms with van der Waals surface area (Å²) >= 11 is 5.88. The molecule has 0 atom stereocenters. The lowest BCUT2D eigenvalue weighted by atomic mass is 10.2. The first kappa shape index (κ1) is 12.3. The highest BCUT2D eigenvalue weighted by molar-refractivity contribution is 6.31. The molecule has 0 aliphatic carbocycles. The minimum Gasteiger partial charge on any atom is -0.392 e. The van der Waals surface area contributed by atoms with Gasteiger partial charge >= 0.3 is 0 Å². The normalized spacial score (nSPS) is 10.8. The summed E-state index contributed by atoms with van der Waals surface area (Å²) in [5.41, 5.74) is 0.723.